The van der Waals surface area contributed by atoms with Crippen LogP contribution in [0.5, 0.6) is 5.75 Å². The average molecular weight is 438 g/mol. The van der Waals surface area contributed by atoms with Gasteiger partial charge in [0.25, 0.3) is 5.69 Å². The Hall–Kier alpha value is -3.72. The van der Waals surface area contributed by atoms with Crippen molar-refractivity contribution in [3.63, 3.8) is 0 Å². The Morgan fingerprint density at radius 3 is 2.69 bits per heavy atom. The minimum atomic E-state index is -0.734. The number of para-hydroxylation sites is 1. The first-order valence-corrected chi connectivity index (χ1v) is 10.3. The Morgan fingerprint density at radius 2 is 2.06 bits per heavy atom. The number of nitro groups is 1. The third kappa shape index (κ3) is 5.12. The molecule has 0 aliphatic carbocycles. The Balaban J connectivity index is 2.02. The number of nitro benzene ring substituents is 1. The molecule has 0 spiro atoms. The quantitative estimate of drug-likeness (QED) is 0.294. The molecule has 3 rings (SSSR count). The van der Waals surface area contributed by atoms with E-state index in [9.17, 15) is 20.0 Å². The van der Waals surface area contributed by atoms with Crippen LogP contribution in [-0.2, 0) is 13.6 Å². The van der Waals surface area contributed by atoms with Gasteiger partial charge in [-0.3, -0.25) is 14.9 Å². The molecule has 1 N–H and O–H groups in total. The van der Waals surface area contributed by atoms with Crippen molar-refractivity contribution >= 4 is 17.2 Å². The van der Waals surface area contributed by atoms with Gasteiger partial charge >= 0.3 is 0 Å². The van der Waals surface area contributed by atoms with Crippen molar-refractivity contribution in [1.82, 2.24) is 9.55 Å². The van der Waals surface area contributed by atoms with Crippen LogP contribution >= 0.6 is 0 Å². The first-order chi connectivity index (χ1) is 15.3. The van der Waals surface area contributed by atoms with Crippen LogP contribution in [0.2, 0.25) is 0 Å². The molecule has 1 unspecified atom stereocenters. The Kier molecular flexibility index (Phi) is 7.21. The minimum Gasteiger partial charge on any atom is -0.494 e. The van der Waals surface area contributed by atoms with Gasteiger partial charge in [0, 0.05) is 49.7 Å². The van der Waals surface area contributed by atoms with Crippen LogP contribution in [0, 0.1) is 10.1 Å². The summed E-state index contributed by atoms with van der Waals surface area (Å²) in [5, 5.41) is 22.0. The van der Waals surface area contributed by atoms with Crippen molar-refractivity contribution in [3.8, 4) is 5.75 Å². The molecule has 1 heterocycles. The standard InChI is InChI=1S/C23H26N4O5/c1-4-32-21-8-6-5-7-18(21)15-26(14-16(2)28)19-10-9-17(13-20(19)27(30)31)22(29)23-24-11-12-25(23)3/h5-13,16,28H,4,14-15H2,1-3H3. The minimum absolute atomic E-state index is 0.161. The summed E-state index contributed by atoms with van der Waals surface area (Å²) in [6, 6.07) is 11.8. The number of hydrogen-bond acceptors (Lipinski definition) is 7. The fourth-order valence-electron chi connectivity index (χ4n) is 3.50. The van der Waals surface area contributed by atoms with E-state index in [0.717, 1.165) is 5.56 Å². The predicted molar refractivity (Wildman–Crippen MR) is 120 cm³/mol. The van der Waals surface area contributed by atoms with Crippen molar-refractivity contribution in [1.29, 1.82) is 0 Å². The average Bonchev–Trinajstić information content (AvgIpc) is 3.19. The SMILES string of the molecule is CCOc1ccccc1CN(CC(C)O)c1ccc(C(=O)c2nccn2C)cc1[N+](=O)[O-]. The van der Waals surface area contributed by atoms with Crippen LogP contribution in [-0.4, -0.2) is 44.6 Å². The molecule has 0 fully saturated rings. The molecule has 1 aromatic heterocycles. The van der Waals surface area contributed by atoms with E-state index in [1.807, 2.05) is 31.2 Å². The maximum Gasteiger partial charge on any atom is 0.293 e. The van der Waals surface area contributed by atoms with E-state index in [2.05, 4.69) is 4.98 Å². The van der Waals surface area contributed by atoms with Crippen LogP contribution < -0.4 is 9.64 Å². The van der Waals surface area contributed by atoms with Gasteiger partial charge in [0.15, 0.2) is 5.82 Å². The van der Waals surface area contributed by atoms with E-state index in [-0.39, 0.29) is 30.2 Å². The van der Waals surface area contributed by atoms with Gasteiger partial charge in [-0.1, -0.05) is 18.2 Å². The van der Waals surface area contributed by atoms with Crippen molar-refractivity contribution < 1.29 is 19.6 Å². The number of benzene rings is 2. The van der Waals surface area contributed by atoms with Gasteiger partial charge in [-0.15, -0.1) is 0 Å². The molecule has 0 bridgehead atoms. The summed E-state index contributed by atoms with van der Waals surface area (Å²) in [6.07, 6.45) is 2.40. The van der Waals surface area contributed by atoms with E-state index in [4.69, 9.17) is 4.74 Å². The molecule has 168 valence electrons. The first-order valence-electron chi connectivity index (χ1n) is 10.3. The molecule has 32 heavy (non-hydrogen) atoms. The fraction of sp³-hybridized carbons (Fsp3) is 0.304. The molecule has 0 radical (unpaired) electrons. The number of carbonyl (C=O) groups is 1. The van der Waals surface area contributed by atoms with Gasteiger partial charge in [0.2, 0.25) is 5.78 Å². The number of hydrogen-bond donors (Lipinski definition) is 1. The molecule has 3 aromatic rings. The highest BCUT2D eigenvalue weighted by Crippen LogP contribution is 2.32. The molecule has 0 saturated carbocycles. The number of nitrogens with zero attached hydrogens (tertiary/aromatic N) is 4. The second-order valence-corrected chi connectivity index (χ2v) is 7.42. The number of aryl methyl sites for hydroxylation is 1. The highest BCUT2D eigenvalue weighted by Gasteiger charge is 2.25. The van der Waals surface area contributed by atoms with Gasteiger partial charge in [0.05, 0.1) is 17.6 Å². The van der Waals surface area contributed by atoms with Gasteiger partial charge in [-0.25, -0.2) is 4.98 Å². The molecule has 2 aromatic carbocycles. The predicted octanol–water partition coefficient (Wildman–Crippen LogP) is 3.35. The summed E-state index contributed by atoms with van der Waals surface area (Å²) in [7, 11) is 1.68. The topological polar surface area (TPSA) is 111 Å². The maximum absolute atomic E-state index is 12.8. The summed E-state index contributed by atoms with van der Waals surface area (Å²) < 4.78 is 7.24. The molecule has 0 amide bonds. The van der Waals surface area contributed by atoms with E-state index in [1.54, 1.807) is 41.8 Å². The number of imidazole rings is 1. The number of ether oxygens (including phenoxy) is 1. The van der Waals surface area contributed by atoms with Gasteiger partial charge in [-0.05, 0) is 32.0 Å². The van der Waals surface area contributed by atoms with Crippen LogP contribution in [0.1, 0.15) is 35.6 Å². The lowest BCUT2D eigenvalue weighted by molar-refractivity contribution is -0.384. The smallest absolute Gasteiger partial charge is 0.293 e. The van der Waals surface area contributed by atoms with Crippen molar-refractivity contribution in [2.45, 2.75) is 26.5 Å². The lowest BCUT2D eigenvalue weighted by atomic mass is 10.1. The highest BCUT2D eigenvalue weighted by molar-refractivity contribution is 6.07. The summed E-state index contributed by atoms with van der Waals surface area (Å²) in [6.45, 7) is 4.43. The van der Waals surface area contributed by atoms with Crippen LogP contribution in [0.4, 0.5) is 11.4 Å². The van der Waals surface area contributed by atoms with E-state index >= 15 is 0 Å². The maximum atomic E-state index is 12.8. The van der Waals surface area contributed by atoms with Crippen LogP contribution in [0.25, 0.3) is 0 Å². The zero-order valence-corrected chi connectivity index (χ0v) is 18.3. The summed E-state index contributed by atoms with van der Waals surface area (Å²) in [5.74, 6) is 0.462. The normalized spacial score (nSPS) is 11.8. The molecule has 1 atom stereocenters. The van der Waals surface area contributed by atoms with E-state index in [0.29, 0.717) is 18.0 Å². The summed E-state index contributed by atoms with van der Waals surface area (Å²) in [5.41, 5.74) is 1.08. The Morgan fingerprint density at radius 1 is 1.31 bits per heavy atom. The van der Waals surface area contributed by atoms with Gasteiger partial charge in [-0.2, -0.15) is 0 Å². The number of anilines is 1. The Labute approximate surface area is 186 Å². The fourth-order valence-corrected chi connectivity index (χ4v) is 3.50. The zero-order valence-electron chi connectivity index (χ0n) is 18.3. The highest BCUT2D eigenvalue weighted by atomic mass is 16.6. The van der Waals surface area contributed by atoms with Crippen molar-refractivity contribution in [2.75, 3.05) is 18.1 Å². The molecule has 9 nitrogen and oxygen atoms in total. The van der Waals surface area contributed by atoms with Crippen LogP contribution in [0.15, 0.2) is 54.9 Å². The Bertz CT molecular complexity index is 1110. The number of aliphatic hydroxyl groups is 1. The molecular weight excluding hydrogens is 412 g/mol. The van der Waals surface area contributed by atoms with Crippen LogP contribution in [0.3, 0.4) is 0 Å². The zero-order chi connectivity index (χ0) is 23.3. The lowest BCUT2D eigenvalue weighted by Crippen LogP contribution is -2.31. The first kappa shape index (κ1) is 23.0. The van der Waals surface area contributed by atoms with E-state index in [1.165, 1.54) is 12.3 Å². The molecular formula is C23H26N4O5. The number of carbonyl (C=O) groups excluding carboxylic acids is 1. The van der Waals surface area contributed by atoms with Gasteiger partial charge in [0.1, 0.15) is 11.4 Å². The molecule has 0 saturated heterocycles. The number of ketones is 1. The number of aliphatic hydroxyl groups excluding tert-OH is 1. The molecule has 9 heteroatoms. The second kappa shape index (κ2) is 10.1. The second-order valence-electron chi connectivity index (χ2n) is 7.42. The molecule has 0 aliphatic heterocycles. The lowest BCUT2D eigenvalue weighted by Gasteiger charge is -2.27. The summed E-state index contributed by atoms with van der Waals surface area (Å²) >= 11 is 0. The van der Waals surface area contributed by atoms with Crippen molar-refractivity contribution in [2.24, 2.45) is 7.05 Å². The summed E-state index contributed by atoms with van der Waals surface area (Å²) in [4.78, 5) is 29.9. The third-order valence-electron chi connectivity index (χ3n) is 4.92. The molecule has 0 aliphatic rings. The van der Waals surface area contributed by atoms with Gasteiger partial charge < -0.3 is 19.3 Å². The van der Waals surface area contributed by atoms with Crippen molar-refractivity contribution in [3.05, 3.63) is 81.9 Å². The largest absolute Gasteiger partial charge is 0.494 e. The number of aromatic nitrogens is 2. The third-order valence-corrected chi connectivity index (χ3v) is 4.92. The van der Waals surface area contributed by atoms with E-state index < -0.39 is 16.8 Å². The number of rotatable bonds is 10. The monoisotopic (exact) mass is 438 g/mol.